The third kappa shape index (κ3) is 4.55. The number of aromatic nitrogens is 4. The lowest BCUT2D eigenvalue weighted by Gasteiger charge is -2.16. The fourth-order valence-electron chi connectivity index (χ4n) is 5.29. The van der Waals surface area contributed by atoms with Crippen molar-refractivity contribution in [3.05, 3.63) is 159 Å². The molecule has 0 aliphatic heterocycles. The van der Waals surface area contributed by atoms with Crippen LogP contribution in [0.2, 0.25) is 5.02 Å². The molecule has 0 atom stereocenters. The standard InChI is InChI=1S/C35H23BrClN4O/c36-27-16-20-30(21-17-27)40-33(26-14-8-3-9-15-26)38-41-32(25-12-6-2-7-13-25)31(24-10-4-1-5-11-24)39(35(42)34(40)41)29-22-18-28(37)19-23-29/h1-23H/q+1. The summed E-state index contributed by atoms with van der Waals surface area (Å²) in [6.45, 7) is 0. The molecule has 7 aromatic rings. The Balaban J connectivity index is 1.74. The summed E-state index contributed by atoms with van der Waals surface area (Å²) < 4.78 is 6.46. The molecule has 2 heterocycles. The Morgan fingerprint density at radius 1 is 0.619 bits per heavy atom. The molecule has 0 bridgehead atoms. The van der Waals surface area contributed by atoms with Crippen molar-refractivity contribution < 1.29 is 4.57 Å². The lowest BCUT2D eigenvalue weighted by atomic mass is 10.0. The molecular weight excluding hydrogens is 608 g/mol. The van der Waals surface area contributed by atoms with Crippen LogP contribution in [-0.2, 0) is 0 Å². The molecule has 7 rings (SSSR count). The van der Waals surface area contributed by atoms with E-state index in [-0.39, 0.29) is 5.56 Å². The Morgan fingerprint density at radius 2 is 1.14 bits per heavy atom. The zero-order valence-corrected chi connectivity index (χ0v) is 24.6. The Morgan fingerprint density at radius 3 is 1.71 bits per heavy atom. The molecule has 5 nitrogen and oxygen atoms in total. The van der Waals surface area contributed by atoms with E-state index in [0.717, 1.165) is 38.2 Å². The van der Waals surface area contributed by atoms with Gasteiger partial charge in [-0.05, 0) is 60.7 Å². The van der Waals surface area contributed by atoms with Crippen LogP contribution in [0.25, 0.3) is 50.9 Å². The molecule has 0 aliphatic carbocycles. The molecule has 5 aromatic carbocycles. The Labute approximate surface area is 255 Å². The van der Waals surface area contributed by atoms with E-state index in [1.807, 2.05) is 132 Å². The summed E-state index contributed by atoms with van der Waals surface area (Å²) in [6, 6.07) is 45.2. The zero-order chi connectivity index (χ0) is 28.6. The summed E-state index contributed by atoms with van der Waals surface area (Å²) in [7, 11) is 0. The van der Waals surface area contributed by atoms with Crippen molar-refractivity contribution in [2.24, 2.45) is 0 Å². The first-order valence-electron chi connectivity index (χ1n) is 13.4. The van der Waals surface area contributed by atoms with E-state index >= 15 is 0 Å². The van der Waals surface area contributed by atoms with E-state index in [9.17, 15) is 4.79 Å². The van der Waals surface area contributed by atoms with Crippen LogP contribution in [-0.4, -0.2) is 14.2 Å². The highest BCUT2D eigenvalue weighted by Crippen LogP contribution is 2.34. The van der Waals surface area contributed by atoms with Gasteiger partial charge in [0.05, 0.1) is 16.4 Å². The number of benzene rings is 5. The average molecular weight is 631 g/mol. The summed E-state index contributed by atoms with van der Waals surface area (Å²) in [6.07, 6.45) is 0. The van der Waals surface area contributed by atoms with Crippen molar-refractivity contribution in [1.29, 1.82) is 0 Å². The van der Waals surface area contributed by atoms with Gasteiger partial charge in [0, 0.05) is 26.3 Å². The number of hydrogen-bond acceptors (Lipinski definition) is 2. The highest BCUT2D eigenvalue weighted by molar-refractivity contribution is 9.10. The van der Waals surface area contributed by atoms with Crippen LogP contribution in [0.5, 0.6) is 0 Å². The van der Waals surface area contributed by atoms with Crippen LogP contribution in [0.15, 0.2) is 149 Å². The number of hydrogen-bond donors (Lipinski definition) is 0. The van der Waals surface area contributed by atoms with Crippen LogP contribution in [0.1, 0.15) is 0 Å². The van der Waals surface area contributed by atoms with Gasteiger partial charge in [-0.15, -0.1) is 0 Å². The largest absolute Gasteiger partial charge is 0.338 e. The maximum atomic E-state index is 14.9. The fraction of sp³-hybridized carbons (Fsp3) is 0. The van der Waals surface area contributed by atoms with Gasteiger partial charge in [-0.2, -0.15) is 4.57 Å². The first-order valence-corrected chi connectivity index (χ1v) is 14.6. The first-order chi connectivity index (χ1) is 20.6. The molecule has 0 unspecified atom stereocenters. The lowest BCUT2D eigenvalue weighted by Crippen LogP contribution is -2.39. The summed E-state index contributed by atoms with van der Waals surface area (Å²) in [5.74, 6) is 0.653. The molecule has 2 aromatic heterocycles. The maximum Gasteiger partial charge on any atom is 0.338 e. The minimum Gasteiger partial charge on any atom is -0.267 e. The second-order valence-electron chi connectivity index (χ2n) is 9.78. The Kier molecular flexibility index (Phi) is 6.78. The Hall–Kier alpha value is -4.78. The monoisotopic (exact) mass is 629 g/mol. The molecule has 0 radical (unpaired) electrons. The summed E-state index contributed by atoms with van der Waals surface area (Å²) in [4.78, 5) is 14.9. The van der Waals surface area contributed by atoms with Gasteiger partial charge in [0.2, 0.25) is 0 Å². The second kappa shape index (κ2) is 10.9. The molecule has 0 aliphatic rings. The van der Waals surface area contributed by atoms with Crippen LogP contribution in [0, 0.1) is 0 Å². The highest BCUT2D eigenvalue weighted by Gasteiger charge is 2.33. The molecular formula is C35H23BrClN4O+. The second-order valence-corrected chi connectivity index (χ2v) is 11.1. The van der Waals surface area contributed by atoms with E-state index < -0.39 is 0 Å². The van der Waals surface area contributed by atoms with Gasteiger partial charge in [-0.25, -0.2) is 0 Å². The van der Waals surface area contributed by atoms with E-state index in [2.05, 4.69) is 15.9 Å². The van der Waals surface area contributed by atoms with Crippen molar-refractivity contribution in [2.75, 3.05) is 0 Å². The van der Waals surface area contributed by atoms with Crippen LogP contribution < -0.4 is 10.1 Å². The normalized spacial score (nSPS) is 11.2. The number of fused-ring (bicyclic) bond motifs is 1. The molecule has 42 heavy (non-hydrogen) atoms. The van der Waals surface area contributed by atoms with Crippen LogP contribution in [0.3, 0.4) is 0 Å². The summed E-state index contributed by atoms with van der Waals surface area (Å²) in [5.41, 5.74) is 5.93. The molecule has 0 amide bonds. The summed E-state index contributed by atoms with van der Waals surface area (Å²) in [5, 5.41) is 5.78. The third-order valence-electron chi connectivity index (χ3n) is 7.17. The fourth-order valence-corrected chi connectivity index (χ4v) is 5.68. The highest BCUT2D eigenvalue weighted by atomic mass is 79.9. The summed E-state index contributed by atoms with van der Waals surface area (Å²) >= 11 is 9.85. The smallest absolute Gasteiger partial charge is 0.267 e. The van der Waals surface area contributed by atoms with Gasteiger partial charge in [-0.3, -0.25) is 9.36 Å². The van der Waals surface area contributed by atoms with Crippen LogP contribution >= 0.6 is 27.5 Å². The molecule has 0 N–H and O–H groups in total. The van der Waals surface area contributed by atoms with Crippen LogP contribution in [0.4, 0.5) is 0 Å². The van der Waals surface area contributed by atoms with Gasteiger partial charge in [-0.1, -0.05) is 111 Å². The Bertz CT molecular complexity index is 2090. The van der Waals surface area contributed by atoms with Crippen molar-refractivity contribution in [3.8, 4) is 45.3 Å². The number of halogens is 2. The molecule has 0 spiro atoms. The lowest BCUT2D eigenvalue weighted by molar-refractivity contribution is -0.557. The SMILES string of the molecule is O=c1c2n(nc(-c3ccccc3)[n+]2-c2ccc(Br)cc2)c(-c2ccccc2)c(-c2ccccc2)n1-c1ccc(Cl)cc1. The third-order valence-corrected chi connectivity index (χ3v) is 7.95. The molecule has 0 saturated heterocycles. The quantitative estimate of drug-likeness (QED) is 0.180. The van der Waals surface area contributed by atoms with Crippen molar-refractivity contribution >= 4 is 33.2 Å². The molecule has 0 saturated carbocycles. The maximum absolute atomic E-state index is 14.9. The van der Waals surface area contributed by atoms with Gasteiger partial charge >= 0.3 is 17.0 Å². The topological polar surface area (TPSA) is 43.2 Å². The predicted octanol–water partition coefficient (Wildman–Crippen LogP) is 8.18. The molecule has 0 fully saturated rings. The van der Waals surface area contributed by atoms with Gasteiger partial charge < -0.3 is 0 Å². The van der Waals surface area contributed by atoms with Crippen molar-refractivity contribution in [2.45, 2.75) is 0 Å². The average Bonchev–Trinajstić information content (AvgIpc) is 3.44. The van der Waals surface area contributed by atoms with Gasteiger partial charge in [0.25, 0.3) is 0 Å². The van der Waals surface area contributed by atoms with E-state index in [0.29, 0.717) is 22.2 Å². The van der Waals surface area contributed by atoms with Gasteiger partial charge in [0.1, 0.15) is 5.69 Å². The van der Waals surface area contributed by atoms with Crippen molar-refractivity contribution in [3.63, 3.8) is 0 Å². The minimum absolute atomic E-state index is 0.214. The van der Waals surface area contributed by atoms with E-state index in [4.69, 9.17) is 16.7 Å². The molecule has 7 heteroatoms. The van der Waals surface area contributed by atoms with E-state index in [1.165, 1.54) is 0 Å². The predicted molar refractivity (Wildman–Crippen MR) is 171 cm³/mol. The molecule has 202 valence electrons. The number of rotatable bonds is 5. The van der Waals surface area contributed by atoms with Crippen molar-refractivity contribution in [1.82, 2.24) is 14.2 Å². The number of nitrogens with zero attached hydrogens (tertiary/aromatic N) is 4. The van der Waals surface area contributed by atoms with E-state index in [1.54, 1.807) is 21.2 Å². The zero-order valence-electron chi connectivity index (χ0n) is 22.2. The first kappa shape index (κ1) is 26.1. The van der Waals surface area contributed by atoms with Gasteiger partial charge in [0.15, 0.2) is 5.69 Å². The minimum atomic E-state index is -0.214.